The first-order valence-corrected chi connectivity index (χ1v) is 12.3. The zero-order valence-corrected chi connectivity index (χ0v) is 20.9. The van der Waals surface area contributed by atoms with Crippen molar-refractivity contribution in [3.05, 3.63) is 64.7 Å². The van der Waals surface area contributed by atoms with Crippen LogP contribution in [0.15, 0.2) is 47.6 Å². The third-order valence-corrected chi connectivity index (χ3v) is 6.71. The molecule has 4 rings (SSSR count). The molecule has 1 N–H and O–H groups in total. The van der Waals surface area contributed by atoms with E-state index < -0.39 is 0 Å². The number of piperazine rings is 1. The van der Waals surface area contributed by atoms with Gasteiger partial charge >= 0.3 is 6.03 Å². The maximum Gasteiger partial charge on any atom is 0.337 e. The zero-order chi connectivity index (χ0) is 24.1. The van der Waals surface area contributed by atoms with Gasteiger partial charge in [-0.15, -0.1) is 0 Å². The van der Waals surface area contributed by atoms with Crippen molar-refractivity contribution in [3.63, 3.8) is 0 Å². The summed E-state index contributed by atoms with van der Waals surface area (Å²) < 4.78 is 6.17. The molecule has 2 amide bonds. The van der Waals surface area contributed by atoms with Gasteiger partial charge in [-0.25, -0.2) is 9.80 Å². The van der Waals surface area contributed by atoms with Crippen molar-refractivity contribution in [2.24, 2.45) is 5.10 Å². The van der Waals surface area contributed by atoms with E-state index in [1.165, 1.54) is 11.1 Å². The van der Waals surface area contributed by atoms with Crippen molar-refractivity contribution in [3.8, 4) is 5.75 Å². The van der Waals surface area contributed by atoms with Gasteiger partial charge in [-0.1, -0.05) is 35.9 Å². The predicted octanol–water partition coefficient (Wildman–Crippen LogP) is 3.35. The molecule has 0 radical (unpaired) electrons. The minimum Gasteiger partial charge on any atom is -0.494 e. The summed E-state index contributed by atoms with van der Waals surface area (Å²) in [4.78, 5) is 17.5. The Morgan fingerprint density at radius 2 is 1.85 bits per heavy atom. The molecule has 2 aliphatic heterocycles. The number of benzene rings is 2. The Labute approximate surface area is 203 Å². The van der Waals surface area contributed by atoms with Crippen LogP contribution in [0.5, 0.6) is 5.75 Å². The molecular formula is C27H37N5O2. The lowest BCUT2D eigenvalue weighted by molar-refractivity contribution is 0.145. The highest BCUT2D eigenvalue weighted by molar-refractivity contribution is 6.14. The molecule has 7 nitrogen and oxygen atoms in total. The zero-order valence-electron chi connectivity index (χ0n) is 20.9. The Morgan fingerprint density at radius 3 is 2.56 bits per heavy atom. The van der Waals surface area contributed by atoms with Crippen LogP contribution < -0.4 is 10.1 Å². The number of likely N-dealkylation sites (N-methyl/N-ethyl adjacent to an activating group) is 1. The second-order valence-corrected chi connectivity index (χ2v) is 9.43. The molecule has 0 bridgehead atoms. The van der Waals surface area contributed by atoms with E-state index >= 15 is 0 Å². The summed E-state index contributed by atoms with van der Waals surface area (Å²) in [5, 5.41) is 9.13. The number of ether oxygens (including phenoxy) is 1. The fraction of sp³-hybridized carbons (Fsp3) is 0.481. The number of carbonyl (C=O) groups excluding carboxylic acids is 1. The number of nitrogens with zero attached hydrogens (tertiary/aromatic N) is 4. The van der Waals surface area contributed by atoms with E-state index in [0.717, 1.165) is 68.2 Å². The van der Waals surface area contributed by atoms with Crippen molar-refractivity contribution in [1.29, 1.82) is 0 Å². The molecular weight excluding hydrogens is 426 g/mol. The first-order chi connectivity index (χ1) is 16.4. The highest BCUT2D eigenvalue weighted by Gasteiger charge is 2.27. The molecule has 2 aliphatic rings. The molecule has 2 aromatic rings. The van der Waals surface area contributed by atoms with Crippen molar-refractivity contribution in [2.45, 2.75) is 32.7 Å². The Bertz CT molecular complexity index is 1010. The number of hydrogen-bond donors (Lipinski definition) is 1. The summed E-state index contributed by atoms with van der Waals surface area (Å²) in [7, 11) is 3.82. The Kier molecular flexibility index (Phi) is 7.85. The highest BCUT2D eigenvalue weighted by Crippen LogP contribution is 2.27. The van der Waals surface area contributed by atoms with Crippen LogP contribution in [-0.2, 0) is 6.42 Å². The number of fused-ring (bicyclic) bond motifs is 1. The molecule has 1 saturated heterocycles. The Hall–Kier alpha value is -2.90. The van der Waals surface area contributed by atoms with Crippen molar-refractivity contribution < 1.29 is 9.53 Å². The SMILES string of the molecule is CNC(=O)N1N=C(c2ccc(C)cc2)c2cc(OCCCN3CCN(C)CC3)ccc2CC1C. The Morgan fingerprint density at radius 1 is 1.12 bits per heavy atom. The molecule has 182 valence electrons. The maximum atomic E-state index is 12.6. The number of hydrazone groups is 1. The van der Waals surface area contributed by atoms with Gasteiger partial charge in [-0.2, -0.15) is 5.10 Å². The standard InChI is InChI=1S/C27H37N5O2/c1-20-6-8-22(9-7-20)26-25-19-24(34-17-5-12-31-15-13-30(4)14-16-31)11-10-23(25)18-21(2)32(29-26)27(33)28-3/h6-11,19,21H,5,12-18H2,1-4H3,(H,28,33). The summed E-state index contributed by atoms with van der Waals surface area (Å²) in [5.74, 6) is 0.845. The van der Waals surface area contributed by atoms with Gasteiger partial charge in [-0.3, -0.25) is 0 Å². The average Bonchev–Trinajstić information content (AvgIpc) is 2.99. The van der Waals surface area contributed by atoms with E-state index in [-0.39, 0.29) is 12.1 Å². The first kappa shape index (κ1) is 24.2. The fourth-order valence-corrected chi connectivity index (χ4v) is 4.54. The van der Waals surface area contributed by atoms with Crippen LogP contribution in [0, 0.1) is 6.92 Å². The molecule has 0 saturated carbocycles. The van der Waals surface area contributed by atoms with Crippen LogP contribution in [0.1, 0.15) is 35.6 Å². The summed E-state index contributed by atoms with van der Waals surface area (Å²) in [6.45, 7) is 10.4. The maximum absolute atomic E-state index is 12.6. The largest absolute Gasteiger partial charge is 0.494 e. The lowest BCUT2D eigenvalue weighted by atomic mass is 9.94. The Balaban J connectivity index is 1.53. The van der Waals surface area contributed by atoms with Crippen LogP contribution in [0.4, 0.5) is 4.79 Å². The summed E-state index contributed by atoms with van der Waals surface area (Å²) in [5.41, 5.74) is 5.17. The minimum atomic E-state index is -0.203. The number of urea groups is 1. The van der Waals surface area contributed by atoms with Crippen molar-refractivity contribution in [2.75, 3.05) is 53.4 Å². The number of nitrogens with one attached hydrogen (secondary N) is 1. The molecule has 2 heterocycles. The van der Waals surface area contributed by atoms with Gasteiger partial charge in [0, 0.05) is 50.9 Å². The van der Waals surface area contributed by atoms with Crippen LogP contribution in [0.25, 0.3) is 0 Å². The molecule has 1 fully saturated rings. The average molecular weight is 464 g/mol. The molecule has 0 spiro atoms. The summed E-state index contributed by atoms with van der Waals surface area (Å²) in [6.07, 6.45) is 1.73. The summed E-state index contributed by atoms with van der Waals surface area (Å²) in [6, 6.07) is 14.3. The number of amides is 2. The van der Waals surface area contributed by atoms with Gasteiger partial charge < -0.3 is 19.9 Å². The van der Waals surface area contributed by atoms with Gasteiger partial charge in [0.05, 0.1) is 18.4 Å². The normalized spacial score (nSPS) is 19.2. The second-order valence-electron chi connectivity index (χ2n) is 9.43. The lowest BCUT2D eigenvalue weighted by Gasteiger charge is -2.32. The molecule has 0 aliphatic carbocycles. The number of rotatable bonds is 6. The fourth-order valence-electron chi connectivity index (χ4n) is 4.54. The third-order valence-electron chi connectivity index (χ3n) is 6.71. The van der Waals surface area contributed by atoms with Crippen LogP contribution in [-0.4, -0.2) is 86.0 Å². The number of aryl methyl sites for hydroxylation is 1. The third kappa shape index (κ3) is 5.77. The first-order valence-electron chi connectivity index (χ1n) is 12.3. The molecule has 0 aromatic heterocycles. The quantitative estimate of drug-likeness (QED) is 0.668. The summed E-state index contributed by atoms with van der Waals surface area (Å²) >= 11 is 0. The predicted molar refractivity (Wildman–Crippen MR) is 137 cm³/mol. The van der Waals surface area contributed by atoms with Gasteiger partial charge in [-0.05, 0) is 51.4 Å². The molecule has 1 unspecified atom stereocenters. The van der Waals surface area contributed by atoms with E-state index in [2.05, 4.69) is 65.5 Å². The molecule has 34 heavy (non-hydrogen) atoms. The van der Waals surface area contributed by atoms with Crippen molar-refractivity contribution in [1.82, 2.24) is 20.1 Å². The topological polar surface area (TPSA) is 60.4 Å². The van der Waals surface area contributed by atoms with Gasteiger partial charge in [0.1, 0.15) is 5.75 Å². The van der Waals surface area contributed by atoms with E-state index in [4.69, 9.17) is 9.84 Å². The number of carbonyl (C=O) groups is 1. The van der Waals surface area contributed by atoms with E-state index in [9.17, 15) is 4.79 Å². The van der Waals surface area contributed by atoms with Gasteiger partial charge in [0.15, 0.2) is 0 Å². The highest BCUT2D eigenvalue weighted by atomic mass is 16.5. The van der Waals surface area contributed by atoms with Crippen LogP contribution >= 0.6 is 0 Å². The molecule has 1 atom stereocenters. The number of hydrogen-bond acceptors (Lipinski definition) is 5. The molecule has 7 heteroatoms. The van der Waals surface area contributed by atoms with Crippen LogP contribution in [0.3, 0.4) is 0 Å². The van der Waals surface area contributed by atoms with E-state index in [1.54, 1.807) is 12.1 Å². The van der Waals surface area contributed by atoms with Crippen molar-refractivity contribution >= 4 is 11.7 Å². The molecule has 2 aromatic carbocycles. The van der Waals surface area contributed by atoms with Gasteiger partial charge in [0.2, 0.25) is 0 Å². The van der Waals surface area contributed by atoms with E-state index in [0.29, 0.717) is 6.61 Å². The lowest BCUT2D eigenvalue weighted by Crippen LogP contribution is -2.44. The smallest absolute Gasteiger partial charge is 0.337 e. The van der Waals surface area contributed by atoms with Gasteiger partial charge in [0.25, 0.3) is 0 Å². The van der Waals surface area contributed by atoms with E-state index in [1.807, 2.05) is 13.0 Å². The van der Waals surface area contributed by atoms with Crippen LogP contribution in [0.2, 0.25) is 0 Å². The monoisotopic (exact) mass is 463 g/mol. The second kappa shape index (κ2) is 11.0. The minimum absolute atomic E-state index is 0.0583.